The van der Waals surface area contributed by atoms with Gasteiger partial charge in [-0.3, -0.25) is 0 Å². The number of ether oxygens (including phenoxy) is 4. The molecule has 0 radical (unpaired) electrons. The number of esters is 2. The molecule has 0 spiro atoms. The van der Waals surface area contributed by atoms with Crippen LogP contribution < -0.4 is 9.47 Å². The van der Waals surface area contributed by atoms with Crippen molar-refractivity contribution in [3.8, 4) is 11.5 Å². The van der Waals surface area contributed by atoms with Gasteiger partial charge in [0.2, 0.25) is 0 Å². The molecule has 35 heavy (non-hydrogen) atoms. The number of hydrogen-bond acceptors (Lipinski definition) is 8. The number of aliphatic hydroxyl groups is 2. The van der Waals surface area contributed by atoms with E-state index in [9.17, 15) is 19.8 Å². The van der Waals surface area contributed by atoms with Gasteiger partial charge >= 0.3 is 11.9 Å². The Hall–Kier alpha value is -3.62. The fourth-order valence-corrected chi connectivity index (χ4v) is 2.84. The zero-order valence-corrected chi connectivity index (χ0v) is 20.1. The van der Waals surface area contributed by atoms with Gasteiger partial charge in [0.05, 0.1) is 0 Å². The molecule has 0 aliphatic carbocycles. The number of carbonyl (C=O) groups excluding carboxylic acids is 2. The lowest BCUT2D eigenvalue weighted by atomic mass is 10.0. The minimum Gasteiger partial charge on any atom is -0.490 e. The van der Waals surface area contributed by atoms with Crippen molar-refractivity contribution in [2.24, 2.45) is 0 Å². The summed E-state index contributed by atoms with van der Waals surface area (Å²) in [5.74, 6) is -0.000964. The highest BCUT2D eigenvalue weighted by molar-refractivity contribution is 5.87. The maximum Gasteiger partial charge on any atom is 0.333 e. The quantitative estimate of drug-likeness (QED) is 0.311. The summed E-state index contributed by atoms with van der Waals surface area (Å²) in [6.07, 6.45) is -1.53. The second-order valence-corrected chi connectivity index (χ2v) is 8.08. The summed E-state index contributed by atoms with van der Waals surface area (Å²) in [5.41, 5.74) is 2.21. The van der Waals surface area contributed by atoms with Crippen LogP contribution in [0, 0.1) is 0 Å². The highest BCUT2D eigenvalue weighted by Crippen LogP contribution is 2.27. The molecule has 2 unspecified atom stereocenters. The van der Waals surface area contributed by atoms with Crippen LogP contribution >= 0.6 is 0 Å². The summed E-state index contributed by atoms with van der Waals surface area (Å²) >= 11 is 0. The molecular weight excluding hydrogens is 452 g/mol. The first kappa shape index (κ1) is 27.6. The SMILES string of the molecule is C=C(C)C(=O)OCC(O)COc1ccccc1Cc1ccccc1OCC(O)COC(=O)C(=C)C. The molecule has 0 bridgehead atoms. The molecule has 2 aromatic carbocycles. The van der Waals surface area contributed by atoms with Crippen molar-refractivity contribution >= 4 is 11.9 Å². The van der Waals surface area contributed by atoms with Gasteiger partial charge in [0.25, 0.3) is 0 Å². The van der Waals surface area contributed by atoms with Gasteiger partial charge in [0, 0.05) is 17.6 Å². The Balaban J connectivity index is 1.96. The van der Waals surface area contributed by atoms with E-state index in [0.717, 1.165) is 11.1 Å². The minimum atomic E-state index is -0.998. The van der Waals surface area contributed by atoms with Crippen LogP contribution in [-0.2, 0) is 25.5 Å². The van der Waals surface area contributed by atoms with Crippen molar-refractivity contribution in [3.63, 3.8) is 0 Å². The van der Waals surface area contributed by atoms with E-state index in [0.29, 0.717) is 17.9 Å². The van der Waals surface area contributed by atoms with Crippen LogP contribution in [0.3, 0.4) is 0 Å². The van der Waals surface area contributed by atoms with E-state index in [1.807, 2.05) is 36.4 Å². The van der Waals surface area contributed by atoms with Gasteiger partial charge < -0.3 is 29.2 Å². The van der Waals surface area contributed by atoms with Crippen molar-refractivity contribution in [1.29, 1.82) is 0 Å². The maximum absolute atomic E-state index is 11.5. The first-order valence-electron chi connectivity index (χ1n) is 11.1. The lowest BCUT2D eigenvalue weighted by Crippen LogP contribution is -2.25. The van der Waals surface area contributed by atoms with Gasteiger partial charge in [-0.25, -0.2) is 9.59 Å². The Kier molecular flexibility index (Phi) is 11.0. The van der Waals surface area contributed by atoms with Crippen LogP contribution in [-0.4, -0.2) is 60.8 Å². The van der Waals surface area contributed by atoms with Gasteiger partial charge in [-0.1, -0.05) is 49.6 Å². The summed E-state index contributed by atoms with van der Waals surface area (Å²) in [7, 11) is 0. The molecule has 2 atom stereocenters. The average molecular weight is 485 g/mol. The molecule has 0 saturated carbocycles. The van der Waals surface area contributed by atoms with Gasteiger partial charge in [-0.15, -0.1) is 0 Å². The van der Waals surface area contributed by atoms with Gasteiger partial charge in [0.1, 0.15) is 50.1 Å². The Morgan fingerprint density at radius 3 is 1.46 bits per heavy atom. The third-order valence-corrected chi connectivity index (χ3v) is 4.70. The van der Waals surface area contributed by atoms with Crippen LogP contribution in [0.5, 0.6) is 11.5 Å². The van der Waals surface area contributed by atoms with Crippen molar-refractivity contribution < 1.29 is 38.7 Å². The predicted molar refractivity (Wildman–Crippen MR) is 130 cm³/mol. The summed E-state index contributed by atoms with van der Waals surface area (Å²) < 4.78 is 21.4. The molecule has 0 aliphatic rings. The van der Waals surface area contributed by atoms with Gasteiger partial charge in [-0.2, -0.15) is 0 Å². The third-order valence-electron chi connectivity index (χ3n) is 4.70. The van der Waals surface area contributed by atoms with Crippen molar-refractivity contribution in [2.75, 3.05) is 26.4 Å². The van der Waals surface area contributed by atoms with E-state index < -0.39 is 24.1 Å². The van der Waals surface area contributed by atoms with Gasteiger partial charge in [0.15, 0.2) is 0 Å². The largest absolute Gasteiger partial charge is 0.490 e. The summed E-state index contributed by atoms with van der Waals surface area (Å²) in [6.45, 7) is 9.53. The second-order valence-electron chi connectivity index (χ2n) is 8.08. The lowest BCUT2D eigenvalue weighted by Gasteiger charge is -2.17. The van der Waals surface area contributed by atoms with Crippen molar-refractivity contribution in [3.05, 3.63) is 84.0 Å². The van der Waals surface area contributed by atoms with E-state index >= 15 is 0 Å². The normalized spacial score (nSPS) is 12.2. The zero-order valence-electron chi connectivity index (χ0n) is 20.1. The Morgan fingerprint density at radius 2 is 1.09 bits per heavy atom. The number of hydrogen-bond donors (Lipinski definition) is 2. The molecule has 188 valence electrons. The summed E-state index contributed by atoms with van der Waals surface area (Å²) in [4.78, 5) is 22.9. The minimum absolute atomic E-state index is 0.0618. The highest BCUT2D eigenvalue weighted by atomic mass is 16.6. The van der Waals surface area contributed by atoms with E-state index in [2.05, 4.69) is 13.2 Å². The third kappa shape index (κ3) is 9.64. The molecule has 2 aromatic rings. The molecule has 0 amide bonds. The van der Waals surface area contributed by atoms with Crippen molar-refractivity contribution in [2.45, 2.75) is 32.5 Å². The standard InChI is InChI=1S/C27H32O8/c1-18(2)26(30)34-16-22(28)14-32-24-11-7-5-9-20(24)13-21-10-6-8-12-25(21)33-15-23(29)17-35-27(31)19(3)4/h5-12,22-23,28-29H,1,3,13-17H2,2,4H3. The molecule has 0 aromatic heterocycles. The number of rotatable bonds is 14. The number of carbonyl (C=O) groups is 2. The number of aliphatic hydroxyl groups excluding tert-OH is 2. The van der Waals surface area contributed by atoms with Crippen LogP contribution in [0.15, 0.2) is 72.8 Å². The fourth-order valence-electron chi connectivity index (χ4n) is 2.84. The zero-order chi connectivity index (χ0) is 25.8. The van der Waals surface area contributed by atoms with E-state index in [-0.39, 0.29) is 37.6 Å². The molecule has 8 nitrogen and oxygen atoms in total. The molecule has 8 heteroatoms. The Morgan fingerprint density at radius 1 is 0.714 bits per heavy atom. The molecular formula is C27H32O8. The average Bonchev–Trinajstić information content (AvgIpc) is 2.84. The molecule has 0 fully saturated rings. The topological polar surface area (TPSA) is 112 Å². The summed E-state index contributed by atoms with van der Waals surface area (Å²) in [6, 6.07) is 14.7. The van der Waals surface area contributed by atoms with E-state index in [1.165, 1.54) is 13.8 Å². The maximum atomic E-state index is 11.5. The predicted octanol–water partition coefficient (Wildman–Crippen LogP) is 3.00. The molecule has 2 rings (SSSR count). The monoisotopic (exact) mass is 484 g/mol. The number of benzene rings is 2. The van der Waals surface area contributed by atoms with Crippen LogP contribution in [0.25, 0.3) is 0 Å². The van der Waals surface area contributed by atoms with Crippen LogP contribution in [0.4, 0.5) is 0 Å². The van der Waals surface area contributed by atoms with Gasteiger partial charge in [-0.05, 0) is 37.1 Å². The Bertz CT molecular complexity index is 948. The summed E-state index contributed by atoms with van der Waals surface area (Å²) in [5, 5.41) is 20.2. The first-order chi connectivity index (χ1) is 16.7. The second kappa shape index (κ2) is 13.9. The molecule has 0 heterocycles. The van der Waals surface area contributed by atoms with Crippen LogP contribution in [0.1, 0.15) is 25.0 Å². The molecule has 0 saturated heterocycles. The number of para-hydroxylation sites is 2. The van der Waals surface area contributed by atoms with E-state index in [4.69, 9.17) is 18.9 Å². The lowest BCUT2D eigenvalue weighted by molar-refractivity contribution is -0.143. The molecule has 2 N–H and O–H groups in total. The highest BCUT2D eigenvalue weighted by Gasteiger charge is 2.15. The van der Waals surface area contributed by atoms with Crippen molar-refractivity contribution in [1.82, 2.24) is 0 Å². The molecule has 0 aliphatic heterocycles. The van der Waals surface area contributed by atoms with E-state index in [1.54, 1.807) is 12.1 Å². The van der Waals surface area contributed by atoms with Crippen LogP contribution in [0.2, 0.25) is 0 Å². The first-order valence-corrected chi connectivity index (χ1v) is 11.1. The smallest absolute Gasteiger partial charge is 0.333 e. The Labute approximate surface area is 205 Å². The fraction of sp³-hybridized carbons (Fsp3) is 0.333.